The van der Waals surface area contributed by atoms with Crippen LogP contribution < -0.4 is 20.8 Å². The highest BCUT2D eigenvalue weighted by molar-refractivity contribution is 7.61. The third kappa shape index (κ3) is 7.95. The number of nitrogens with zero attached hydrogens (tertiary/aromatic N) is 4. The summed E-state index contributed by atoms with van der Waals surface area (Å²) in [7, 11) is -2.59. The summed E-state index contributed by atoms with van der Waals surface area (Å²) in [5.74, 6) is -1.01. The van der Waals surface area contributed by atoms with Gasteiger partial charge in [0.2, 0.25) is 0 Å². The van der Waals surface area contributed by atoms with Crippen molar-refractivity contribution < 1.29 is 37.8 Å². The molecular weight excluding hydrogens is 615 g/mol. The van der Waals surface area contributed by atoms with E-state index < -0.39 is 31.6 Å². The van der Waals surface area contributed by atoms with Crippen LogP contribution in [0, 0.1) is 0 Å². The van der Waals surface area contributed by atoms with Gasteiger partial charge in [-0.25, -0.2) is 19.6 Å². The zero-order valence-corrected chi connectivity index (χ0v) is 26.5. The minimum absolute atomic E-state index is 0.00579. The van der Waals surface area contributed by atoms with Gasteiger partial charge in [0.15, 0.2) is 11.9 Å². The maximum atomic E-state index is 13.9. The maximum absolute atomic E-state index is 13.9. The summed E-state index contributed by atoms with van der Waals surface area (Å²) in [4.78, 5) is 63.4. The van der Waals surface area contributed by atoms with Crippen LogP contribution in [0.2, 0.25) is 0 Å². The van der Waals surface area contributed by atoms with Crippen molar-refractivity contribution in [3.05, 3.63) is 71.9 Å². The number of benzene rings is 2. The van der Waals surface area contributed by atoms with Crippen molar-refractivity contribution >= 4 is 36.7 Å². The summed E-state index contributed by atoms with van der Waals surface area (Å²) in [6, 6.07) is 14.7. The summed E-state index contributed by atoms with van der Waals surface area (Å²) in [5, 5.41) is 5.67. The van der Waals surface area contributed by atoms with Crippen molar-refractivity contribution in [2.24, 2.45) is 0 Å². The number of anilines is 1. The fraction of sp³-hybridized carbons (Fsp3) is 0.387. The maximum Gasteiger partial charge on any atom is 0.417 e. The molecule has 46 heavy (non-hydrogen) atoms. The summed E-state index contributed by atoms with van der Waals surface area (Å²) < 4.78 is 28.6. The lowest BCUT2D eigenvalue weighted by Gasteiger charge is -2.27. The molecule has 2 aromatic carbocycles. The van der Waals surface area contributed by atoms with Crippen LogP contribution in [0.4, 0.5) is 10.6 Å². The van der Waals surface area contributed by atoms with E-state index in [0.717, 1.165) is 6.42 Å². The van der Waals surface area contributed by atoms with Crippen molar-refractivity contribution in [1.82, 2.24) is 25.5 Å². The van der Waals surface area contributed by atoms with Crippen LogP contribution in [0.3, 0.4) is 0 Å². The first-order chi connectivity index (χ1) is 22.2. The van der Waals surface area contributed by atoms with Crippen molar-refractivity contribution in [1.29, 1.82) is 0 Å². The van der Waals surface area contributed by atoms with Crippen LogP contribution in [0.15, 0.2) is 60.7 Å². The number of hydrogen-bond donors (Lipinski definition) is 3. The van der Waals surface area contributed by atoms with Gasteiger partial charge in [-0.05, 0) is 31.0 Å². The predicted molar refractivity (Wildman–Crippen MR) is 169 cm³/mol. The van der Waals surface area contributed by atoms with Gasteiger partial charge < -0.3 is 39.3 Å². The zero-order chi connectivity index (χ0) is 32.7. The van der Waals surface area contributed by atoms with Gasteiger partial charge in [-0.2, -0.15) is 0 Å². The molecule has 2 saturated heterocycles. The first kappa shape index (κ1) is 33.2. The van der Waals surface area contributed by atoms with Crippen LogP contribution in [-0.4, -0.2) is 96.8 Å². The molecule has 2 amide bonds. The summed E-state index contributed by atoms with van der Waals surface area (Å²) in [6.45, 7) is 4.53. The number of carbonyl (C=O) groups excluding carboxylic acids is 3. The van der Waals surface area contributed by atoms with Gasteiger partial charge in [0, 0.05) is 58.0 Å². The number of nitrogens with one attached hydrogen (secondary N) is 2. The highest BCUT2D eigenvalue weighted by Crippen LogP contribution is 2.40. The molecule has 3 unspecified atom stereocenters. The van der Waals surface area contributed by atoms with E-state index >= 15 is 0 Å². The van der Waals surface area contributed by atoms with Gasteiger partial charge in [0.25, 0.3) is 5.91 Å². The molecule has 1 aromatic heterocycles. The molecule has 0 spiro atoms. The molecule has 3 N–H and O–H groups in total. The Bertz CT molecular complexity index is 1600. The summed E-state index contributed by atoms with van der Waals surface area (Å²) in [6.07, 6.45) is -0.0717. The molecular formula is C31H37N6O8P. The minimum atomic E-state index is -4.23. The second-order valence-corrected chi connectivity index (χ2v) is 12.6. The van der Waals surface area contributed by atoms with Crippen LogP contribution in [0.1, 0.15) is 35.4 Å². The van der Waals surface area contributed by atoms with Crippen LogP contribution in [-0.2, 0) is 23.4 Å². The summed E-state index contributed by atoms with van der Waals surface area (Å²) in [5.41, 5.74) is 0.757. The number of ether oxygens (including phenoxy) is 2. The van der Waals surface area contributed by atoms with Crippen LogP contribution >= 0.6 is 7.60 Å². The van der Waals surface area contributed by atoms with E-state index in [1.807, 2.05) is 35.2 Å². The molecule has 0 bridgehead atoms. The molecule has 15 heteroatoms. The quantitative estimate of drug-likeness (QED) is 0.166. The standard InChI is InChI=1S/C31H37N6O8P/c1-3-44-46(41,42)24-11-7-10-22(18-24)27(30(39)45-31(40)36-16-13-32-14-17-36)35-29(38)25-19-26(37-15-12-23(20-37)43-2)34-28(33-25)21-8-5-4-6-9-21/h4-11,18-19,23,27,32H,3,12-17,20H2,1-2H3,(H,35,38)(H,41,42). The smallest absolute Gasteiger partial charge is 0.380 e. The van der Waals surface area contributed by atoms with E-state index in [4.69, 9.17) is 19.0 Å². The number of amides is 2. The molecule has 2 fully saturated rings. The van der Waals surface area contributed by atoms with Crippen LogP contribution in [0.5, 0.6) is 0 Å². The highest BCUT2D eigenvalue weighted by Gasteiger charge is 2.32. The minimum Gasteiger partial charge on any atom is -0.380 e. The second kappa shape index (κ2) is 14.9. The number of rotatable bonds is 10. The molecule has 14 nitrogen and oxygen atoms in total. The van der Waals surface area contributed by atoms with Gasteiger partial charge in [0.1, 0.15) is 11.5 Å². The number of methoxy groups -OCH3 is 1. The number of esters is 1. The molecule has 0 aliphatic carbocycles. The fourth-order valence-corrected chi connectivity index (χ4v) is 6.31. The molecule has 0 radical (unpaired) electrons. The van der Waals surface area contributed by atoms with E-state index in [2.05, 4.69) is 15.6 Å². The lowest BCUT2D eigenvalue weighted by atomic mass is 10.1. The normalized spacial score (nSPS) is 18.5. The van der Waals surface area contributed by atoms with Gasteiger partial charge in [-0.1, -0.05) is 42.5 Å². The first-order valence-electron chi connectivity index (χ1n) is 15.0. The Morgan fingerprint density at radius 1 is 1.07 bits per heavy atom. The predicted octanol–water partition coefficient (Wildman–Crippen LogP) is 2.26. The lowest BCUT2D eigenvalue weighted by molar-refractivity contribution is -0.140. The molecule has 3 aromatic rings. The topological polar surface area (TPSA) is 173 Å². The van der Waals surface area contributed by atoms with Gasteiger partial charge in [-0.3, -0.25) is 9.36 Å². The largest absolute Gasteiger partial charge is 0.417 e. The van der Waals surface area contributed by atoms with E-state index in [0.29, 0.717) is 56.5 Å². The third-order valence-corrected chi connectivity index (χ3v) is 9.23. The Labute approximate surface area is 266 Å². The SMILES string of the molecule is CCOP(=O)(O)c1cccc(C(NC(=O)c2cc(N3CCC(OC)C3)nc(-c3ccccc3)n2)C(=O)OC(=O)N2CCNCC2)c1. The lowest BCUT2D eigenvalue weighted by Crippen LogP contribution is -2.48. The van der Waals surface area contributed by atoms with Crippen molar-refractivity contribution in [2.75, 3.05) is 57.9 Å². The Morgan fingerprint density at radius 2 is 1.83 bits per heavy atom. The van der Waals surface area contributed by atoms with Crippen molar-refractivity contribution in [3.8, 4) is 11.4 Å². The monoisotopic (exact) mass is 652 g/mol. The van der Waals surface area contributed by atoms with Gasteiger partial charge in [0.05, 0.1) is 18.0 Å². The zero-order valence-electron chi connectivity index (χ0n) is 25.6. The van der Waals surface area contributed by atoms with E-state index in [1.54, 1.807) is 14.0 Å². The van der Waals surface area contributed by atoms with Crippen molar-refractivity contribution in [2.45, 2.75) is 25.5 Å². The van der Waals surface area contributed by atoms with E-state index in [9.17, 15) is 23.8 Å². The fourth-order valence-electron chi connectivity index (χ4n) is 5.23. The molecule has 2 aliphatic heterocycles. The Hall–Kier alpha value is -4.20. The van der Waals surface area contributed by atoms with Crippen molar-refractivity contribution in [3.63, 3.8) is 0 Å². The first-order valence-corrected chi connectivity index (χ1v) is 16.6. The summed E-state index contributed by atoms with van der Waals surface area (Å²) >= 11 is 0. The van der Waals surface area contributed by atoms with Crippen LogP contribution in [0.25, 0.3) is 11.4 Å². The third-order valence-electron chi connectivity index (χ3n) is 7.69. The average Bonchev–Trinajstić information content (AvgIpc) is 3.57. The Kier molecular flexibility index (Phi) is 10.8. The molecule has 3 heterocycles. The molecule has 3 atom stereocenters. The molecule has 5 rings (SSSR count). The number of hydrogen-bond acceptors (Lipinski definition) is 11. The van der Waals surface area contributed by atoms with Gasteiger partial charge in [-0.15, -0.1) is 0 Å². The van der Waals surface area contributed by atoms with E-state index in [-0.39, 0.29) is 29.3 Å². The van der Waals surface area contributed by atoms with E-state index in [1.165, 1.54) is 35.2 Å². The Balaban J connectivity index is 1.49. The number of piperazine rings is 1. The second-order valence-electron chi connectivity index (χ2n) is 10.8. The average molecular weight is 653 g/mol. The molecule has 244 valence electrons. The van der Waals surface area contributed by atoms with Gasteiger partial charge >= 0.3 is 19.7 Å². The Morgan fingerprint density at radius 3 is 2.52 bits per heavy atom. The highest BCUT2D eigenvalue weighted by atomic mass is 31.2. The number of aromatic nitrogens is 2. The molecule has 2 aliphatic rings. The number of carbonyl (C=O) groups is 3. The molecule has 0 saturated carbocycles.